The van der Waals surface area contributed by atoms with Gasteiger partial charge in [0.15, 0.2) is 0 Å². The van der Waals surface area contributed by atoms with Crippen LogP contribution < -0.4 is 10.5 Å². The number of hydrogen-bond acceptors (Lipinski definition) is 2. The minimum atomic E-state index is 0.353. The van der Waals surface area contributed by atoms with Crippen LogP contribution in [0.25, 0.3) is 0 Å². The van der Waals surface area contributed by atoms with Gasteiger partial charge < -0.3 is 10.5 Å². The van der Waals surface area contributed by atoms with Crippen molar-refractivity contribution < 1.29 is 4.74 Å². The first-order chi connectivity index (χ1) is 10.7. The van der Waals surface area contributed by atoms with Gasteiger partial charge in [0.05, 0.1) is 6.61 Å². The van der Waals surface area contributed by atoms with E-state index in [1.54, 1.807) is 0 Å². The molecule has 22 heavy (non-hydrogen) atoms. The maximum Gasteiger partial charge on any atom is 0.119 e. The zero-order valence-corrected chi connectivity index (χ0v) is 13.7. The fourth-order valence-electron chi connectivity index (χ4n) is 2.56. The summed E-state index contributed by atoms with van der Waals surface area (Å²) in [7, 11) is 0. The van der Waals surface area contributed by atoms with Crippen molar-refractivity contribution in [3.8, 4) is 5.75 Å². The van der Waals surface area contributed by atoms with Crippen molar-refractivity contribution in [2.24, 2.45) is 5.73 Å². The van der Waals surface area contributed by atoms with Gasteiger partial charge >= 0.3 is 0 Å². The van der Waals surface area contributed by atoms with Gasteiger partial charge in [-0.1, -0.05) is 55.3 Å². The van der Waals surface area contributed by atoms with Crippen LogP contribution in [0.3, 0.4) is 0 Å². The molecular weight excluding hydrogens is 270 g/mol. The Morgan fingerprint density at radius 2 is 1.86 bits per heavy atom. The van der Waals surface area contributed by atoms with Crippen LogP contribution in [0, 0.1) is 6.92 Å². The summed E-state index contributed by atoms with van der Waals surface area (Å²) in [6.45, 7) is 5.73. The van der Waals surface area contributed by atoms with Crippen LogP contribution >= 0.6 is 0 Å². The van der Waals surface area contributed by atoms with Crippen LogP contribution in [0.15, 0.2) is 48.5 Å². The molecule has 0 fully saturated rings. The predicted molar refractivity (Wildman–Crippen MR) is 93.5 cm³/mol. The summed E-state index contributed by atoms with van der Waals surface area (Å²) in [5, 5.41) is 0. The van der Waals surface area contributed by atoms with Gasteiger partial charge in [0.1, 0.15) is 5.75 Å². The van der Waals surface area contributed by atoms with Gasteiger partial charge in [-0.15, -0.1) is 0 Å². The molecule has 0 aliphatic heterocycles. The van der Waals surface area contributed by atoms with Crippen LogP contribution in [-0.2, 0) is 6.42 Å². The Morgan fingerprint density at radius 1 is 1.09 bits per heavy atom. The van der Waals surface area contributed by atoms with Crippen molar-refractivity contribution in [1.82, 2.24) is 0 Å². The molecule has 1 unspecified atom stereocenters. The maximum atomic E-state index is 6.00. The van der Waals surface area contributed by atoms with E-state index < -0.39 is 0 Å². The van der Waals surface area contributed by atoms with Crippen molar-refractivity contribution in [3.63, 3.8) is 0 Å². The third-order valence-electron chi connectivity index (χ3n) is 3.98. The molecule has 0 saturated carbocycles. The average Bonchev–Trinajstić information content (AvgIpc) is 2.54. The number of nitrogens with two attached hydrogens (primary N) is 1. The summed E-state index contributed by atoms with van der Waals surface area (Å²) >= 11 is 0. The Kier molecular flexibility index (Phi) is 6.47. The number of unbranched alkanes of at least 4 members (excludes halogenated alkanes) is 1. The molecular formula is C20H27NO. The monoisotopic (exact) mass is 297 g/mol. The lowest BCUT2D eigenvalue weighted by Gasteiger charge is -2.16. The molecule has 2 aromatic rings. The lowest BCUT2D eigenvalue weighted by Crippen LogP contribution is -2.15. The summed E-state index contributed by atoms with van der Waals surface area (Å²) in [5.74, 6) is 1.32. The number of rotatable bonds is 8. The lowest BCUT2D eigenvalue weighted by atomic mass is 9.91. The predicted octanol–water partition coefficient (Wildman–Crippen LogP) is 4.46. The highest BCUT2D eigenvalue weighted by molar-refractivity contribution is 5.32. The topological polar surface area (TPSA) is 35.2 Å². The average molecular weight is 297 g/mol. The van der Waals surface area contributed by atoms with Crippen molar-refractivity contribution in [3.05, 3.63) is 65.2 Å². The number of hydrogen-bond donors (Lipinski definition) is 1. The van der Waals surface area contributed by atoms with Crippen LogP contribution in [-0.4, -0.2) is 13.2 Å². The maximum absolute atomic E-state index is 6.00. The smallest absolute Gasteiger partial charge is 0.119 e. The molecule has 2 N–H and O–H groups in total. The van der Waals surface area contributed by atoms with Gasteiger partial charge in [-0.25, -0.2) is 0 Å². The molecule has 0 radical (unpaired) electrons. The molecule has 2 aromatic carbocycles. The van der Waals surface area contributed by atoms with Crippen LogP contribution in [0.1, 0.15) is 42.4 Å². The molecule has 0 aliphatic carbocycles. The number of ether oxygens (including phenoxy) is 1. The highest BCUT2D eigenvalue weighted by Crippen LogP contribution is 2.23. The minimum absolute atomic E-state index is 0.353. The standard InChI is InChI=1S/C20H27NO/c1-3-4-12-22-20-7-5-6-17(14-20)13-19(15-21)18-10-8-16(2)9-11-18/h5-11,14,19H,3-4,12-13,15,21H2,1-2H3. The third-order valence-corrected chi connectivity index (χ3v) is 3.98. The zero-order chi connectivity index (χ0) is 15.8. The molecule has 2 nitrogen and oxygen atoms in total. The molecule has 0 aliphatic rings. The quantitative estimate of drug-likeness (QED) is 0.730. The number of aryl methyl sites for hydroxylation is 1. The van der Waals surface area contributed by atoms with Gasteiger partial charge in [-0.05, 0) is 49.6 Å². The number of benzene rings is 2. The van der Waals surface area contributed by atoms with Crippen molar-refractivity contribution >= 4 is 0 Å². The molecule has 2 heteroatoms. The molecule has 0 spiro atoms. The Balaban J connectivity index is 2.04. The van der Waals surface area contributed by atoms with E-state index in [1.807, 2.05) is 6.07 Å². The zero-order valence-electron chi connectivity index (χ0n) is 13.7. The van der Waals surface area contributed by atoms with Crippen molar-refractivity contribution in [2.75, 3.05) is 13.2 Å². The van der Waals surface area contributed by atoms with E-state index in [0.29, 0.717) is 12.5 Å². The third kappa shape index (κ3) is 4.88. The van der Waals surface area contributed by atoms with Gasteiger partial charge in [0, 0.05) is 5.92 Å². The van der Waals surface area contributed by atoms with E-state index in [4.69, 9.17) is 10.5 Å². The van der Waals surface area contributed by atoms with E-state index >= 15 is 0 Å². The van der Waals surface area contributed by atoms with Crippen molar-refractivity contribution in [1.29, 1.82) is 0 Å². The molecule has 0 saturated heterocycles. The van der Waals surface area contributed by atoms with E-state index in [2.05, 4.69) is 56.3 Å². The van der Waals surface area contributed by atoms with Gasteiger partial charge in [0.2, 0.25) is 0 Å². The van der Waals surface area contributed by atoms with Gasteiger partial charge in [0.25, 0.3) is 0 Å². The largest absolute Gasteiger partial charge is 0.494 e. The summed E-state index contributed by atoms with van der Waals surface area (Å²) in [5.41, 5.74) is 9.87. The fourth-order valence-corrected chi connectivity index (χ4v) is 2.56. The van der Waals surface area contributed by atoms with Gasteiger partial charge in [-0.3, -0.25) is 0 Å². The highest BCUT2D eigenvalue weighted by Gasteiger charge is 2.11. The minimum Gasteiger partial charge on any atom is -0.494 e. The summed E-state index contributed by atoms with van der Waals surface area (Å²) < 4.78 is 5.79. The van der Waals surface area contributed by atoms with Crippen LogP contribution in [0.5, 0.6) is 5.75 Å². The molecule has 0 amide bonds. The second kappa shape index (κ2) is 8.60. The molecule has 0 bridgehead atoms. The van der Waals surface area contributed by atoms with E-state index in [9.17, 15) is 0 Å². The summed E-state index contributed by atoms with van der Waals surface area (Å²) in [6, 6.07) is 17.1. The summed E-state index contributed by atoms with van der Waals surface area (Å²) in [6.07, 6.45) is 3.20. The Labute approximate surface area is 134 Å². The van der Waals surface area contributed by atoms with E-state index in [-0.39, 0.29) is 0 Å². The van der Waals surface area contributed by atoms with Crippen LogP contribution in [0.4, 0.5) is 0 Å². The summed E-state index contributed by atoms with van der Waals surface area (Å²) in [4.78, 5) is 0. The lowest BCUT2D eigenvalue weighted by molar-refractivity contribution is 0.309. The second-order valence-electron chi connectivity index (χ2n) is 5.90. The van der Waals surface area contributed by atoms with E-state index in [0.717, 1.165) is 31.6 Å². The molecule has 118 valence electrons. The normalized spacial score (nSPS) is 12.1. The first-order valence-corrected chi connectivity index (χ1v) is 8.21. The first kappa shape index (κ1) is 16.6. The Hall–Kier alpha value is -1.80. The SMILES string of the molecule is CCCCOc1cccc(CC(CN)c2ccc(C)cc2)c1. The highest BCUT2D eigenvalue weighted by atomic mass is 16.5. The molecule has 0 heterocycles. The van der Waals surface area contributed by atoms with E-state index in [1.165, 1.54) is 16.7 Å². The fraction of sp³-hybridized carbons (Fsp3) is 0.400. The second-order valence-corrected chi connectivity index (χ2v) is 5.90. The Morgan fingerprint density at radius 3 is 2.55 bits per heavy atom. The molecule has 0 aromatic heterocycles. The molecule has 1 atom stereocenters. The van der Waals surface area contributed by atoms with Crippen molar-refractivity contribution in [2.45, 2.75) is 39.0 Å². The van der Waals surface area contributed by atoms with Crippen LogP contribution in [0.2, 0.25) is 0 Å². The Bertz CT molecular complexity index is 562. The van der Waals surface area contributed by atoms with Gasteiger partial charge in [-0.2, -0.15) is 0 Å². The molecule has 2 rings (SSSR count). The first-order valence-electron chi connectivity index (χ1n) is 8.21.